The van der Waals surface area contributed by atoms with E-state index < -0.39 is 30.0 Å². The molecular weight excluding hydrogens is 526 g/mol. The van der Waals surface area contributed by atoms with Gasteiger partial charge in [-0.3, -0.25) is 19.2 Å². The molecule has 1 saturated heterocycles. The maximum absolute atomic E-state index is 13.3. The third-order valence-electron chi connectivity index (χ3n) is 5.95. The predicted molar refractivity (Wildman–Crippen MR) is 139 cm³/mol. The van der Waals surface area contributed by atoms with Crippen molar-refractivity contribution in [3.63, 3.8) is 0 Å². The number of hydrogen-bond donors (Lipinski definition) is 2. The molecule has 0 radical (unpaired) electrons. The number of piperazine rings is 1. The zero-order chi connectivity index (χ0) is 29.1. The highest BCUT2D eigenvalue weighted by Gasteiger charge is 2.31. The molecule has 216 valence electrons. The number of aliphatic carboxylic acids is 1. The summed E-state index contributed by atoms with van der Waals surface area (Å²) in [5, 5.41) is 17.5. The average molecular weight is 560 g/mol. The van der Waals surface area contributed by atoms with E-state index in [1.807, 2.05) is 6.07 Å². The van der Waals surface area contributed by atoms with Gasteiger partial charge in [-0.25, -0.2) is 9.48 Å². The lowest BCUT2D eigenvalue weighted by molar-refractivity contribution is -0.157. The molecular formula is C26H33N5O9. The minimum Gasteiger partial charge on any atom is -0.481 e. The smallest absolute Gasteiger partial charge is 0.481 e. The number of benzene rings is 1. The van der Waals surface area contributed by atoms with Gasteiger partial charge in [0.2, 0.25) is 11.8 Å². The second-order valence-corrected chi connectivity index (χ2v) is 8.78. The van der Waals surface area contributed by atoms with Gasteiger partial charge in [0.1, 0.15) is 12.6 Å². The van der Waals surface area contributed by atoms with E-state index in [0.29, 0.717) is 5.69 Å². The topological polar surface area (TPSA) is 170 Å². The van der Waals surface area contributed by atoms with Crippen LogP contribution in [0.3, 0.4) is 0 Å². The molecule has 0 saturated carbocycles. The molecule has 1 aromatic heterocycles. The summed E-state index contributed by atoms with van der Waals surface area (Å²) in [6.45, 7) is 4.11. The molecule has 0 aliphatic carbocycles. The summed E-state index contributed by atoms with van der Waals surface area (Å²) < 4.78 is 11.7. The molecule has 2 N–H and O–H groups in total. The second kappa shape index (κ2) is 14.6. The van der Waals surface area contributed by atoms with Crippen LogP contribution >= 0.6 is 0 Å². The lowest BCUT2D eigenvalue weighted by Crippen LogP contribution is -2.55. The van der Waals surface area contributed by atoms with Crippen molar-refractivity contribution in [1.82, 2.24) is 25.1 Å². The van der Waals surface area contributed by atoms with Gasteiger partial charge in [0.25, 0.3) is 5.91 Å². The van der Waals surface area contributed by atoms with Crippen molar-refractivity contribution in [3.05, 3.63) is 42.1 Å². The minimum atomic E-state index is -1.14. The zero-order valence-corrected chi connectivity index (χ0v) is 22.4. The van der Waals surface area contributed by atoms with Crippen LogP contribution in [0.25, 0.3) is 5.69 Å². The van der Waals surface area contributed by atoms with E-state index in [2.05, 4.69) is 10.4 Å². The Hall–Kier alpha value is -4.46. The summed E-state index contributed by atoms with van der Waals surface area (Å²) in [7, 11) is 0. The number of ether oxygens (including phenoxy) is 2. The summed E-state index contributed by atoms with van der Waals surface area (Å²) in [5.74, 6) is -2.29. The lowest BCUT2D eigenvalue weighted by Gasteiger charge is -2.35. The highest BCUT2D eigenvalue weighted by Crippen LogP contribution is 2.20. The fourth-order valence-corrected chi connectivity index (χ4v) is 3.82. The molecule has 1 fully saturated rings. The first-order valence-electron chi connectivity index (χ1n) is 12.9. The zero-order valence-electron chi connectivity index (χ0n) is 22.4. The molecule has 0 bridgehead atoms. The fraction of sp³-hybridized carbons (Fsp3) is 0.462. The van der Waals surface area contributed by atoms with Crippen LogP contribution in [0.5, 0.6) is 5.88 Å². The summed E-state index contributed by atoms with van der Waals surface area (Å²) in [5.41, 5.74) is 0.505. The van der Waals surface area contributed by atoms with Crippen LogP contribution in [-0.4, -0.2) is 100 Å². The quantitative estimate of drug-likeness (QED) is 0.340. The third-order valence-corrected chi connectivity index (χ3v) is 5.95. The number of Topliss-reactive ketones (excluding diaryl/α,β-unsaturated/α-hetero) is 1. The molecule has 3 rings (SSSR count). The number of amides is 2. The molecule has 40 heavy (non-hydrogen) atoms. The average Bonchev–Trinajstić information content (AvgIpc) is 3.39. The largest absolute Gasteiger partial charge is 0.527 e. The number of carbonyl (C=O) groups excluding carboxylic acids is 4. The van der Waals surface area contributed by atoms with E-state index in [0.717, 1.165) is 0 Å². The Morgan fingerprint density at radius 3 is 2.38 bits per heavy atom. The fourth-order valence-electron chi connectivity index (χ4n) is 3.82. The van der Waals surface area contributed by atoms with Crippen LogP contribution in [-0.2, 0) is 24.0 Å². The molecule has 14 nitrogen and oxygen atoms in total. The van der Waals surface area contributed by atoms with Crippen molar-refractivity contribution in [2.24, 2.45) is 0 Å². The van der Waals surface area contributed by atoms with Crippen LogP contribution < -0.4 is 10.1 Å². The van der Waals surface area contributed by atoms with Crippen LogP contribution in [0.15, 0.2) is 36.4 Å². The molecule has 14 heteroatoms. The maximum Gasteiger partial charge on any atom is 0.527 e. The van der Waals surface area contributed by atoms with E-state index in [-0.39, 0.29) is 76.0 Å². The number of carbonyl (C=O) groups is 5. The first-order valence-corrected chi connectivity index (χ1v) is 12.9. The van der Waals surface area contributed by atoms with E-state index >= 15 is 0 Å². The minimum absolute atomic E-state index is 0.0800. The van der Waals surface area contributed by atoms with Crippen molar-refractivity contribution in [2.45, 2.75) is 39.2 Å². The first-order chi connectivity index (χ1) is 19.2. The number of carboxylic acid groups (broad SMARTS) is 1. The Kier molecular flexibility index (Phi) is 11.0. The number of para-hydroxylation sites is 1. The summed E-state index contributed by atoms with van der Waals surface area (Å²) in [4.78, 5) is 67.6. The Bertz CT molecular complexity index is 1190. The van der Waals surface area contributed by atoms with Crippen LogP contribution in [0.2, 0.25) is 0 Å². The Labute approximate surface area is 230 Å². The molecule has 2 aromatic rings. The van der Waals surface area contributed by atoms with Gasteiger partial charge in [-0.05, 0) is 25.5 Å². The normalized spacial score (nSPS) is 14.2. The van der Waals surface area contributed by atoms with Gasteiger partial charge in [-0.1, -0.05) is 25.1 Å². The van der Waals surface area contributed by atoms with Gasteiger partial charge in [-0.2, -0.15) is 5.10 Å². The van der Waals surface area contributed by atoms with Crippen molar-refractivity contribution in [2.75, 3.05) is 39.4 Å². The summed E-state index contributed by atoms with van der Waals surface area (Å²) in [6.07, 6.45) is -1.06. The van der Waals surface area contributed by atoms with Crippen LogP contribution in [0.1, 0.15) is 43.6 Å². The van der Waals surface area contributed by atoms with Crippen LogP contribution in [0, 0.1) is 0 Å². The van der Waals surface area contributed by atoms with Crippen molar-refractivity contribution >= 4 is 29.7 Å². The SMILES string of the molecule is CCOC(=O)ON1CCN(C(=O)[C@H](CCC(=O)O)NC(=O)c2cc(OCC(=O)CC)n(-c3ccccc3)n2)CC1. The van der Waals surface area contributed by atoms with Gasteiger partial charge in [0.05, 0.1) is 25.4 Å². The van der Waals surface area contributed by atoms with Gasteiger partial charge in [-0.15, -0.1) is 5.06 Å². The first kappa shape index (κ1) is 30.1. The third kappa shape index (κ3) is 8.53. The van der Waals surface area contributed by atoms with Gasteiger partial charge in [0, 0.05) is 32.0 Å². The van der Waals surface area contributed by atoms with Gasteiger partial charge < -0.3 is 29.6 Å². The number of nitrogens with one attached hydrogen (secondary N) is 1. The Balaban J connectivity index is 1.73. The van der Waals surface area contributed by atoms with Crippen molar-refractivity contribution < 1.29 is 43.4 Å². The molecule has 1 atom stereocenters. The number of rotatable bonds is 13. The number of aromatic nitrogens is 2. The predicted octanol–water partition coefficient (Wildman–Crippen LogP) is 1.43. The number of ketones is 1. The van der Waals surface area contributed by atoms with Crippen molar-refractivity contribution in [3.8, 4) is 11.6 Å². The standard InChI is InChI=1S/C26H33N5O9/c1-3-19(32)17-39-22-16-21(28-31(22)18-8-6-5-7-9-18)24(35)27-20(10-11-23(33)34)25(36)29-12-14-30(15-13-29)40-26(37)38-4-2/h5-9,16,20H,3-4,10-15,17H2,1-2H3,(H,27,35)(H,33,34)/t20-/m0/s1. The van der Waals surface area contributed by atoms with Gasteiger partial charge in [0.15, 0.2) is 11.5 Å². The monoisotopic (exact) mass is 559 g/mol. The van der Waals surface area contributed by atoms with E-state index in [1.165, 1.54) is 20.7 Å². The maximum atomic E-state index is 13.3. The summed E-state index contributed by atoms with van der Waals surface area (Å²) in [6, 6.07) is 9.06. The molecule has 2 amide bonds. The molecule has 1 aromatic carbocycles. The highest BCUT2D eigenvalue weighted by molar-refractivity contribution is 5.96. The Morgan fingerprint density at radius 2 is 1.75 bits per heavy atom. The number of carboxylic acids is 1. The van der Waals surface area contributed by atoms with E-state index in [9.17, 15) is 29.1 Å². The molecule has 0 spiro atoms. The molecule has 1 aliphatic heterocycles. The van der Waals surface area contributed by atoms with E-state index in [4.69, 9.17) is 14.3 Å². The Morgan fingerprint density at radius 1 is 1.05 bits per heavy atom. The van der Waals surface area contributed by atoms with Crippen molar-refractivity contribution in [1.29, 1.82) is 0 Å². The lowest BCUT2D eigenvalue weighted by atomic mass is 10.1. The summed E-state index contributed by atoms with van der Waals surface area (Å²) >= 11 is 0. The number of nitrogens with zero attached hydrogens (tertiary/aromatic N) is 4. The molecule has 2 heterocycles. The highest BCUT2D eigenvalue weighted by atomic mass is 16.8. The molecule has 1 aliphatic rings. The second-order valence-electron chi connectivity index (χ2n) is 8.78. The number of hydroxylamine groups is 2. The molecule has 0 unspecified atom stereocenters. The van der Waals surface area contributed by atoms with Gasteiger partial charge >= 0.3 is 12.1 Å². The van der Waals surface area contributed by atoms with E-state index in [1.54, 1.807) is 38.1 Å². The number of hydrogen-bond acceptors (Lipinski definition) is 10. The van der Waals surface area contributed by atoms with Crippen LogP contribution in [0.4, 0.5) is 4.79 Å².